The highest BCUT2D eigenvalue weighted by atomic mass is 79.9. The van der Waals surface area contributed by atoms with Gasteiger partial charge in [0.15, 0.2) is 0 Å². The van der Waals surface area contributed by atoms with Crippen molar-refractivity contribution in [1.82, 2.24) is 25.1 Å². The second kappa shape index (κ2) is 6.60. The fraction of sp³-hybridized carbons (Fsp3) is 0.500. The van der Waals surface area contributed by atoms with Crippen molar-refractivity contribution in [3.05, 3.63) is 28.6 Å². The van der Waals surface area contributed by atoms with E-state index in [9.17, 15) is 0 Å². The Bertz CT molecular complexity index is 511. The zero-order valence-corrected chi connectivity index (χ0v) is 12.6. The molecule has 0 amide bonds. The molecule has 2 N–H and O–H groups in total. The predicted octanol–water partition coefficient (Wildman–Crippen LogP) is 2.53. The van der Waals surface area contributed by atoms with Crippen LogP contribution in [0.4, 0.5) is 5.82 Å². The number of aromatic amines is 1. The number of halogens is 1. The first kappa shape index (κ1) is 13.9. The van der Waals surface area contributed by atoms with Gasteiger partial charge in [-0.15, -0.1) is 0 Å². The van der Waals surface area contributed by atoms with E-state index in [1.54, 1.807) is 0 Å². The van der Waals surface area contributed by atoms with Crippen LogP contribution in [-0.2, 0) is 6.42 Å². The maximum Gasteiger partial charge on any atom is 0.137 e. The van der Waals surface area contributed by atoms with Gasteiger partial charge in [-0.2, -0.15) is 5.10 Å². The van der Waals surface area contributed by atoms with Crippen LogP contribution < -0.4 is 5.32 Å². The van der Waals surface area contributed by atoms with Crippen molar-refractivity contribution in [1.29, 1.82) is 0 Å². The average Bonchev–Trinajstić information content (AvgIpc) is 2.87. The Morgan fingerprint density at radius 2 is 2.21 bits per heavy atom. The number of aromatic nitrogens is 5. The molecule has 0 fully saturated rings. The van der Waals surface area contributed by atoms with Crippen molar-refractivity contribution in [2.75, 3.05) is 11.9 Å². The summed E-state index contributed by atoms with van der Waals surface area (Å²) in [4.78, 5) is 12.9. The minimum Gasteiger partial charge on any atom is -0.370 e. The number of aryl methyl sites for hydroxylation is 1. The van der Waals surface area contributed by atoms with Crippen molar-refractivity contribution in [3.8, 4) is 0 Å². The Morgan fingerprint density at radius 3 is 2.89 bits per heavy atom. The molecule has 0 radical (unpaired) electrons. The van der Waals surface area contributed by atoms with Crippen LogP contribution in [0.1, 0.15) is 37.8 Å². The fourth-order valence-electron chi connectivity index (χ4n) is 1.61. The first-order chi connectivity index (χ1) is 9.15. The molecule has 0 saturated carbocycles. The molecule has 0 bridgehead atoms. The topological polar surface area (TPSA) is 79.4 Å². The summed E-state index contributed by atoms with van der Waals surface area (Å²) in [7, 11) is 0. The quantitative estimate of drug-likeness (QED) is 0.630. The van der Waals surface area contributed by atoms with E-state index in [2.05, 4.69) is 60.2 Å². The van der Waals surface area contributed by atoms with Crippen LogP contribution in [0.3, 0.4) is 0 Å². The minimum absolute atomic E-state index is 0.312. The zero-order chi connectivity index (χ0) is 13.7. The number of anilines is 1. The number of rotatable bonds is 6. The van der Waals surface area contributed by atoms with Crippen LogP contribution >= 0.6 is 15.9 Å². The number of hydrogen-bond acceptors (Lipinski definition) is 5. The van der Waals surface area contributed by atoms with Gasteiger partial charge in [0.05, 0.1) is 0 Å². The van der Waals surface area contributed by atoms with E-state index >= 15 is 0 Å². The molecule has 6 nitrogen and oxygen atoms in total. The molecule has 0 aliphatic rings. The summed E-state index contributed by atoms with van der Waals surface area (Å²) < 4.78 is 0.809. The summed E-state index contributed by atoms with van der Waals surface area (Å²) in [5.74, 6) is 2.91. The largest absolute Gasteiger partial charge is 0.370 e. The van der Waals surface area contributed by atoms with Gasteiger partial charge in [-0.05, 0) is 22.4 Å². The lowest BCUT2D eigenvalue weighted by Crippen LogP contribution is -2.08. The van der Waals surface area contributed by atoms with Gasteiger partial charge in [0.25, 0.3) is 0 Å². The third kappa shape index (κ3) is 4.27. The van der Waals surface area contributed by atoms with E-state index in [1.807, 2.05) is 6.07 Å². The summed E-state index contributed by atoms with van der Waals surface area (Å²) in [5.41, 5.74) is 0. The lowest BCUT2D eigenvalue weighted by Gasteiger charge is -2.09. The van der Waals surface area contributed by atoms with Gasteiger partial charge in [0.2, 0.25) is 0 Å². The number of hydrogen-bond donors (Lipinski definition) is 2. The van der Waals surface area contributed by atoms with Gasteiger partial charge in [0, 0.05) is 24.9 Å². The molecule has 0 spiro atoms. The second-order valence-corrected chi connectivity index (χ2v) is 5.36. The molecule has 0 aromatic carbocycles. The smallest absolute Gasteiger partial charge is 0.137 e. The number of nitrogens with zero attached hydrogens (tertiary/aromatic N) is 4. The summed E-state index contributed by atoms with van der Waals surface area (Å²) in [6.45, 7) is 4.99. The van der Waals surface area contributed by atoms with Crippen molar-refractivity contribution < 1.29 is 0 Å². The molecule has 2 rings (SSSR count). The molecule has 0 saturated heterocycles. The molecule has 7 heteroatoms. The molecule has 102 valence electrons. The van der Waals surface area contributed by atoms with Crippen LogP contribution in [0.15, 0.2) is 17.0 Å². The van der Waals surface area contributed by atoms with Crippen molar-refractivity contribution >= 4 is 21.7 Å². The number of nitrogens with one attached hydrogen (secondary N) is 2. The molecule has 0 atom stereocenters. The van der Waals surface area contributed by atoms with Gasteiger partial charge < -0.3 is 5.32 Å². The van der Waals surface area contributed by atoms with Crippen molar-refractivity contribution in [2.45, 2.75) is 32.6 Å². The first-order valence-electron chi connectivity index (χ1n) is 6.27. The zero-order valence-electron chi connectivity index (χ0n) is 11.0. The molecular weight excluding hydrogens is 308 g/mol. The molecule has 0 aliphatic carbocycles. The Balaban J connectivity index is 1.85. The Labute approximate surface area is 120 Å². The average molecular weight is 325 g/mol. The molecule has 0 aliphatic heterocycles. The first-order valence-corrected chi connectivity index (χ1v) is 7.07. The van der Waals surface area contributed by atoms with Crippen LogP contribution in [0.2, 0.25) is 0 Å². The third-order valence-corrected chi connectivity index (χ3v) is 3.00. The Morgan fingerprint density at radius 1 is 1.37 bits per heavy atom. The highest BCUT2D eigenvalue weighted by molar-refractivity contribution is 9.10. The number of H-pyrrole nitrogens is 1. The van der Waals surface area contributed by atoms with E-state index in [-0.39, 0.29) is 0 Å². The van der Waals surface area contributed by atoms with Crippen LogP contribution in [0.25, 0.3) is 0 Å². The lowest BCUT2D eigenvalue weighted by atomic mass is 10.2. The van der Waals surface area contributed by atoms with Gasteiger partial charge in [-0.3, -0.25) is 5.10 Å². The van der Waals surface area contributed by atoms with Gasteiger partial charge >= 0.3 is 0 Å². The lowest BCUT2D eigenvalue weighted by molar-refractivity contribution is 0.763. The highest BCUT2D eigenvalue weighted by Gasteiger charge is 2.06. The third-order valence-electron chi connectivity index (χ3n) is 2.59. The molecule has 19 heavy (non-hydrogen) atoms. The summed E-state index contributed by atoms with van der Waals surface area (Å²) in [6.07, 6.45) is 3.36. The van der Waals surface area contributed by atoms with Crippen LogP contribution in [0, 0.1) is 0 Å². The van der Waals surface area contributed by atoms with Crippen molar-refractivity contribution in [3.63, 3.8) is 0 Å². The van der Waals surface area contributed by atoms with Gasteiger partial charge in [-0.25, -0.2) is 15.0 Å². The summed E-state index contributed by atoms with van der Waals surface area (Å²) >= 11 is 3.41. The molecule has 2 heterocycles. The Kier molecular flexibility index (Phi) is 4.84. The standard InChI is InChI=1S/C12H17BrN6/c1-8(2)12-17-9(13)6-11(18-12)14-5-3-4-10-15-7-16-19-10/h6-8H,3-5H2,1-2H3,(H,14,17,18)(H,15,16,19). The second-order valence-electron chi connectivity index (χ2n) is 4.55. The summed E-state index contributed by atoms with van der Waals surface area (Å²) in [5, 5.41) is 9.97. The van der Waals surface area contributed by atoms with Crippen molar-refractivity contribution in [2.24, 2.45) is 0 Å². The highest BCUT2D eigenvalue weighted by Crippen LogP contribution is 2.17. The maximum atomic E-state index is 4.48. The van der Waals surface area contributed by atoms with E-state index in [0.717, 1.165) is 41.5 Å². The SMILES string of the molecule is CC(C)c1nc(Br)cc(NCCCc2ncn[nH]2)n1. The maximum absolute atomic E-state index is 4.48. The fourth-order valence-corrected chi connectivity index (χ4v) is 2.01. The predicted molar refractivity (Wildman–Crippen MR) is 77.0 cm³/mol. The van der Waals surface area contributed by atoms with E-state index < -0.39 is 0 Å². The molecule has 2 aromatic rings. The minimum atomic E-state index is 0.312. The Hall–Kier alpha value is -1.50. The van der Waals surface area contributed by atoms with Gasteiger partial charge in [0.1, 0.15) is 28.4 Å². The van der Waals surface area contributed by atoms with E-state index in [1.165, 1.54) is 6.33 Å². The van der Waals surface area contributed by atoms with E-state index in [4.69, 9.17) is 0 Å². The molecule has 2 aromatic heterocycles. The van der Waals surface area contributed by atoms with Gasteiger partial charge in [-0.1, -0.05) is 13.8 Å². The normalized spacial score (nSPS) is 10.9. The van der Waals surface area contributed by atoms with E-state index in [0.29, 0.717) is 5.92 Å². The summed E-state index contributed by atoms with van der Waals surface area (Å²) in [6, 6.07) is 1.89. The molecule has 0 unspecified atom stereocenters. The van der Waals surface area contributed by atoms with Crippen LogP contribution in [0.5, 0.6) is 0 Å². The molecular formula is C12H17BrN6. The van der Waals surface area contributed by atoms with Crippen LogP contribution in [-0.4, -0.2) is 31.7 Å². The monoisotopic (exact) mass is 324 g/mol.